The van der Waals surface area contributed by atoms with E-state index in [-0.39, 0.29) is 12.1 Å². The first-order chi connectivity index (χ1) is 11.3. The average molecular weight is 313 g/mol. The zero-order valence-corrected chi connectivity index (χ0v) is 12.9. The van der Waals surface area contributed by atoms with Crippen LogP contribution in [0.4, 0.5) is 10.5 Å². The van der Waals surface area contributed by atoms with E-state index < -0.39 is 0 Å². The molecule has 0 fully saturated rings. The van der Waals surface area contributed by atoms with E-state index in [1.165, 1.54) is 0 Å². The number of para-hydroxylation sites is 2. The fraction of sp³-hybridized carbons (Fsp3) is 0.294. The lowest BCUT2D eigenvalue weighted by atomic mass is 10.2. The number of ether oxygens (including phenoxy) is 2. The Morgan fingerprint density at radius 3 is 2.87 bits per heavy atom. The molecule has 6 nitrogen and oxygen atoms in total. The maximum absolute atomic E-state index is 12.4. The summed E-state index contributed by atoms with van der Waals surface area (Å²) in [6.45, 7) is 3.39. The van der Waals surface area contributed by atoms with Crippen LogP contribution in [0.3, 0.4) is 0 Å². The molecule has 0 unspecified atom stereocenters. The summed E-state index contributed by atoms with van der Waals surface area (Å²) in [5.74, 6) is 1.46. The van der Waals surface area contributed by atoms with E-state index in [1.54, 1.807) is 29.4 Å². The summed E-state index contributed by atoms with van der Waals surface area (Å²) in [6.07, 6.45) is 3.09. The molecule has 0 spiro atoms. The molecule has 23 heavy (non-hydrogen) atoms. The first-order valence-corrected chi connectivity index (χ1v) is 7.60. The van der Waals surface area contributed by atoms with E-state index in [4.69, 9.17) is 9.47 Å². The van der Waals surface area contributed by atoms with Crippen molar-refractivity contribution in [2.75, 3.05) is 25.0 Å². The van der Waals surface area contributed by atoms with Gasteiger partial charge in [-0.3, -0.25) is 4.98 Å². The van der Waals surface area contributed by atoms with Crippen molar-refractivity contribution in [3.05, 3.63) is 48.8 Å². The SMILES string of the molecule is CCN(C[C@H]1COc2ccccc2O1)C(=O)Nc1cccnc1. The number of likely N-dealkylation sites (N-methyl/N-ethyl adjacent to an activating group) is 1. The minimum absolute atomic E-state index is 0.178. The van der Waals surface area contributed by atoms with Gasteiger partial charge in [-0.15, -0.1) is 0 Å². The van der Waals surface area contributed by atoms with Crippen LogP contribution in [0.5, 0.6) is 11.5 Å². The molecule has 0 saturated carbocycles. The van der Waals surface area contributed by atoms with Gasteiger partial charge in [0.25, 0.3) is 0 Å². The van der Waals surface area contributed by atoms with Gasteiger partial charge in [-0.2, -0.15) is 0 Å². The van der Waals surface area contributed by atoms with Crippen LogP contribution >= 0.6 is 0 Å². The van der Waals surface area contributed by atoms with Crippen molar-refractivity contribution >= 4 is 11.7 Å². The molecule has 2 aromatic rings. The number of anilines is 1. The fourth-order valence-corrected chi connectivity index (χ4v) is 2.39. The van der Waals surface area contributed by atoms with Gasteiger partial charge in [-0.1, -0.05) is 12.1 Å². The Hall–Kier alpha value is -2.76. The van der Waals surface area contributed by atoms with E-state index in [0.717, 1.165) is 5.75 Å². The van der Waals surface area contributed by atoms with Crippen LogP contribution in [-0.4, -0.2) is 41.7 Å². The molecule has 1 aliphatic heterocycles. The van der Waals surface area contributed by atoms with Crippen molar-refractivity contribution in [3.63, 3.8) is 0 Å². The van der Waals surface area contributed by atoms with E-state index in [0.29, 0.717) is 31.1 Å². The van der Waals surface area contributed by atoms with Gasteiger partial charge in [0.05, 0.1) is 18.4 Å². The van der Waals surface area contributed by atoms with Crippen LogP contribution in [0.2, 0.25) is 0 Å². The molecule has 1 atom stereocenters. The van der Waals surface area contributed by atoms with Gasteiger partial charge in [0, 0.05) is 12.7 Å². The fourth-order valence-electron chi connectivity index (χ4n) is 2.39. The zero-order valence-electron chi connectivity index (χ0n) is 12.9. The van der Waals surface area contributed by atoms with E-state index in [9.17, 15) is 4.79 Å². The summed E-state index contributed by atoms with van der Waals surface area (Å²) in [7, 11) is 0. The van der Waals surface area contributed by atoms with E-state index in [1.807, 2.05) is 31.2 Å². The Bertz CT molecular complexity index is 663. The lowest BCUT2D eigenvalue weighted by molar-refractivity contribution is 0.0693. The van der Waals surface area contributed by atoms with Gasteiger partial charge in [0.1, 0.15) is 6.61 Å². The molecule has 0 bridgehead atoms. The smallest absolute Gasteiger partial charge is 0.322 e. The minimum atomic E-state index is -0.190. The topological polar surface area (TPSA) is 63.7 Å². The van der Waals surface area contributed by atoms with Crippen LogP contribution < -0.4 is 14.8 Å². The summed E-state index contributed by atoms with van der Waals surface area (Å²) in [5.41, 5.74) is 0.669. The molecule has 0 saturated heterocycles. The van der Waals surface area contributed by atoms with Gasteiger partial charge in [-0.25, -0.2) is 4.79 Å². The number of hydrogen-bond donors (Lipinski definition) is 1. The summed E-state index contributed by atoms with van der Waals surface area (Å²) in [6, 6.07) is 10.9. The highest BCUT2D eigenvalue weighted by atomic mass is 16.6. The third-order valence-corrected chi connectivity index (χ3v) is 3.57. The van der Waals surface area contributed by atoms with Crippen LogP contribution in [0, 0.1) is 0 Å². The molecule has 1 aromatic carbocycles. The van der Waals surface area contributed by atoms with Gasteiger partial charge in [0.15, 0.2) is 17.6 Å². The number of hydrogen-bond acceptors (Lipinski definition) is 4. The number of nitrogens with one attached hydrogen (secondary N) is 1. The summed E-state index contributed by atoms with van der Waals surface area (Å²) in [5, 5.41) is 2.83. The number of fused-ring (bicyclic) bond motifs is 1. The van der Waals surface area contributed by atoms with Crippen LogP contribution in [0.1, 0.15) is 6.92 Å². The molecule has 1 N–H and O–H groups in total. The van der Waals surface area contributed by atoms with Crippen LogP contribution in [-0.2, 0) is 0 Å². The average Bonchev–Trinajstić information content (AvgIpc) is 2.60. The highest BCUT2D eigenvalue weighted by Gasteiger charge is 2.24. The number of carbonyl (C=O) groups excluding carboxylic acids is 1. The predicted molar refractivity (Wildman–Crippen MR) is 86.9 cm³/mol. The molecular weight excluding hydrogens is 294 g/mol. The Balaban J connectivity index is 1.60. The maximum atomic E-state index is 12.4. The normalized spacial score (nSPS) is 15.8. The summed E-state index contributed by atoms with van der Waals surface area (Å²) < 4.78 is 11.6. The lowest BCUT2D eigenvalue weighted by Crippen LogP contribution is -2.45. The number of amides is 2. The highest BCUT2D eigenvalue weighted by molar-refractivity contribution is 5.89. The van der Waals surface area contributed by atoms with Crippen molar-refractivity contribution < 1.29 is 14.3 Å². The van der Waals surface area contributed by atoms with Gasteiger partial charge < -0.3 is 19.7 Å². The molecular formula is C17H19N3O3. The number of urea groups is 1. The molecule has 120 valence electrons. The Morgan fingerprint density at radius 1 is 1.30 bits per heavy atom. The minimum Gasteiger partial charge on any atom is -0.486 e. The van der Waals surface area contributed by atoms with Crippen molar-refractivity contribution in [2.45, 2.75) is 13.0 Å². The second kappa shape index (κ2) is 7.00. The third-order valence-electron chi connectivity index (χ3n) is 3.57. The standard InChI is InChI=1S/C17H19N3O3/c1-2-20(17(21)19-13-6-5-9-18-10-13)11-14-12-22-15-7-3-4-8-16(15)23-14/h3-10,14H,2,11-12H2,1H3,(H,19,21)/t14-/m0/s1. The molecule has 0 aliphatic carbocycles. The Labute approximate surface area is 135 Å². The Kier molecular flexibility index (Phi) is 4.61. The van der Waals surface area contributed by atoms with Crippen molar-refractivity contribution in [3.8, 4) is 11.5 Å². The summed E-state index contributed by atoms with van der Waals surface area (Å²) in [4.78, 5) is 18.0. The van der Waals surface area contributed by atoms with Crippen LogP contribution in [0.25, 0.3) is 0 Å². The molecule has 2 amide bonds. The summed E-state index contributed by atoms with van der Waals surface area (Å²) >= 11 is 0. The molecule has 1 aromatic heterocycles. The van der Waals surface area contributed by atoms with E-state index in [2.05, 4.69) is 10.3 Å². The number of rotatable bonds is 4. The quantitative estimate of drug-likeness (QED) is 0.942. The van der Waals surface area contributed by atoms with Crippen LogP contribution in [0.15, 0.2) is 48.8 Å². The number of carbonyl (C=O) groups is 1. The predicted octanol–water partition coefficient (Wildman–Crippen LogP) is 2.78. The molecule has 3 rings (SSSR count). The van der Waals surface area contributed by atoms with E-state index >= 15 is 0 Å². The second-order valence-electron chi connectivity index (χ2n) is 5.21. The highest BCUT2D eigenvalue weighted by Crippen LogP contribution is 2.31. The zero-order chi connectivity index (χ0) is 16.1. The monoisotopic (exact) mass is 313 g/mol. The van der Waals surface area contributed by atoms with Gasteiger partial charge >= 0.3 is 6.03 Å². The number of benzene rings is 1. The first kappa shape index (κ1) is 15.1. The largest absolute Gasteiger partial charge is 0.486 e. The number of pyridine rings is 1. The van der Waals surface area contributed by atoms with Gasteiger partial charge in [-0.05, 0) is 31.2 Å². The first-order valence-electron chi connectivity index (χ1n) is 7.60. The second-order valence-corrected chi connectivity index (χ2v) is 5.21. The number of aromatic nitrogens is 1. The third kappa shape index (κ3) is 3.71. The van der Waals surface area contributed by atoms with Crippen molar-refractivity contribution in [2.24, 2.45) is 0 Å². The Morgan fingerprint density at radius 2 is 2.13 bits per heavy atom. The van der Waals surface area contributed by atoms with Gasteiger partial charge in [0.2, 0.25) is 0 Å². The lowest BCUT2D eigenvalue weighted by Gasteiger charge is -2.30. The van der Waals surface area contributed by atoms with Crippen molar-refractivity contribution in [1.82, 2.24) is 9.88 Å². The molecule has 2 heterocycles. The number of nitrogens with zero attached hydrogens (tertiary/aromatic N) is 2. The molecule has 1 aliphatic rings. The maximum Gasteiger partial charge on any atom is 0.322 e. The molecule has 0 radical (unpaired) electrons. The van der Waals surface area contributed by atoms with Crippen molar-refractivity contribution in [1.29, 1.82) is 0 Å². The molecule has 6 heteroatoms.